The van der Waals surface area contributed by atoms with Gasteiger partial charge in [-0.2, -0.15) is 0 Å². The van der Waals surface area contributed by atoms with Crippen molar-refractivity contribution >= 4 is 33.3 Å². The highest BCUT2D eigenvalue weighted by atomic mass is 79.9. The lowest BCUT2D eigenvalue weighted by Crippen LogP contribution is -2.11. The van der Waals surface area contributed by atoms with Crippen LogP contribution < -0.4 is 5.32 Å². The molecular formula is C10H14BrClN2. The second-order valence-electron chi connectivity index (χ2n) is 3.38. The molecule has 0 amide bonds. The van der Waals surface area contributed by atoms with Crippen LogP contribution in [0.15, 0.2) is 16.7 Å². The van der Waals surface area contributed by atoms with Crippen molar-refractivity contribution in [3.8, 4) is 0 Å². The van der Waals surface area contributed by atoms with Gasteiger partial charge < -0.3 is 5.32 Å². The zero-order chi connectivity index (χ0) is 10.6. The van der Waals surface area contributed by atoms with E-state index < -0.39 is 0 Å². The number of anilines is 1. The molecule has 1 rings (SSSR count). The van der Waals surface area contributed by atoms with Crippen LogP contribution in [0.25, 0.3) is 0 Å². The Morgan fingerprint density at radius 1 is 1.64 bits per heavy atom. The minimum atomic E-state index is 0.644. The fourth-order valence-electron chi connectivity index (χ4n) is 0.960. The second-order valence-corrected chi connectivity index (χ2v) is 4.67. The summed E-state index contributed by atoms with van der Waals surface area (Å²) >= 11 is 9.20. The van der Waals surface area contributed by atoms with E-state index in [1.165, 1.54) is 0 Å². The zero-order valence-corrected chi connectivity index (χ0v) is 10.7. The summed E-state index contributed by atoms with van der Waals surface area (Å²) in [5.41, 5.74) is 0. The average Bonchev–Trinajstić information content (AvgIpc) is 2.16. The number of halogens is 2. The van der Waals surface area contributed by atoms with Gasteiger partial charge >= 0.3 is 0 Å². The van der Waals surface area contributed by atoms with E-state index in [2.05, 4.69) is 40.1 Å². The number of hydrogen-bond acceptors (Lipinski definition) is 2. The van der Waals surface area contributed by atoms with Crippen molar-refractivity contribution in [2.45, 2.75) is 20.3 Å². The standard InChI is InChI=1S/C10H14BrClN2/c1-3-7(2)5-13-10-9(11)4-8(12)6-14-10/h4,6-7H,3,5H2,1-2H3,(H,13,14). The molecule has 14 heavy (non-hydrogen) atoms. The molecule has 0 aliphatic heterocycles. The molecule has 0 fully saturated rings. The Hall–Kier alpha value is -0.280. The third kappa shape index (κ3) is 3.46. The Labute approximate surface area is 98.2 Å². The van der Waals surface area contributed by atoms with Gasteiger partial charge in [-0.15, -0.1) is 0 Å². The first-order valence-electron chi connectivity index (χ1n) is 4.68. The maximum Gasteiger partial charge on any atom is 0.140 e. The number of pyridine rings is 1. The fraction of sp³-hybridized carbons (Fsp3) is 0.500. The van der Waals surface area contributed by atoms with E-state index in [-0.39, 0.29) is 0 Å². The third-order valence-electron chi connectivity index (χ3n) is 2.12. The molecule has 4 heteroatoms. The number of aromatic nitrogens is 1. The Morgan fingerprint density at radius 3 is 2.93 bits per heavy atom. The summed E-state index contributed by atoms with van der Waals surface area (Å²) in [4.78, 5) is 4.19. The van der Waals surface area contributed by atoms with E-state index in [4.69, 9.17) is 11.6 Å². The molecule has 2 nitrogen and oxygen atoms in total. The van der Waals surface area contributed by atoms with Crippen molar-refractivity contribution in [1.82, 2.24) is 4.98 Å². The molecule has 0 aliphatic carbocycles. The maximum absolute atomic E-state index is 5.79. The summed E-state index contributed by atoms with van der Waals surface area (Å²) in [7, 11) is 0. The lowest BCUT2D eigenvalue weighted by molar-refractivity contribution is 0.592. The van der Waals surface area contributed by atoms with Gasteiger partial charge in [-0.05, 0) is 27.9 Å². The van der Waals surface area contributed by atoms with Crippen molar-refractivity contribution in [3.05, 3.63) is 21.8 Å². The number of hydrogen-bond donors (Lipinski definition) is 1. The Morgan fingerprint density at radius 2 is 2.36 bits per heavy atom. The summed E-state index contributed by atoms with van der Waals surface area (Å²) in [5.74, 6) is 1.51. The highest BCUT2D eigenvalue weighted by Crippen LogP contribution is 2.23. The highest BCUT2D eigenvalue weighted by Gasteiger charge is 2.03. The molecule has 0 bridgehead atoms. The van der Waals surface area contributed by atoms with Crippen molar-refractivity contribution < 1.29 is 0 Å². The average molecular weight is 278 g/mol. The lowest BCUT2D eigenvalue weighted by Gasteiger charge is -2.11. The summed E-state index contributed by atoms with van der Waals surface area (Å²) in [5, 5.41) is 3.92. The Kier molecular flexibility index (Phi) is 4.69. The van der Waals surface area contributed by atoms with E-state index in [0.29, 0.717) is 10.9 Å². The smallest absolute Gasteiger partial charge is 0.140 e. The van der Waals surface area contributed by atoms with Gasteiger partial charge in [-0.3, -0.25) is 0 Å². The van der Waals surface area contributed by atoms with Crippen molar-refractivity contribution in [2.75, 3.05) is 11.9 Å². The quantitative estimate of drug-likeness (QED) is 0.901. The molecule has 1 atom stereocenters. The van der Waals surface area contributed by atoms with E-state index in [1.54, 1.807) is 6.20 Å². The van der Waals surface area contributed by atoms with Gasteiger partial charge in [0.1, 0.15) is 5.82 Å². The second kappa shape index (κ2) is 5.56. The molecule has 0 saturated heterocycles. The van der Waals surface area contributed by atoms with Crippen LogP contribution in [0, 0.1) is 5.92 Å². The number of nitrogens with one attached hydrogen (secondary N) is 1. The predicted octanol–water partition coefficient (Wildman–Crippen LogP) is 3.96. The predicted molar refractivity (Wildman–Crippen MR) is 64.9 cm³/mol. The van der Waals surface area contributed by atoms with Gasteiger partial charge in [-0.1, -0.05) is 31.9 Å². The maximum atomic E-state index is 5.79. The molecule has 1 aromatic heterocycles. The van der Waals surface area contributed by atoms with E-state index in [9.17, 15) is 0 Å². The van der Waals surface area contributed by atoms with Crippen molar-refractivity contribution in [2.24, 2.45) is 5.92 Å². The van der Waals surface area contributed by atoms with Crippen LogP contribution in [0.4, 0.5) is 5.82 Å². The Bertz CT molecular complexity index is 304. The van der Waals surface area contributed by atoms with Gasteiger partial charge in [0.15, 0.2) is 0 Å². The van der Waals surface area contributed by atoms with Crippen LogP contribution in [0.5, 0.6) is 0 Å². The van der Waals surface area contributed by atoms with Crippen LogP contribution in [-0.4, -0.2) is 11.5 Å². The molecule has 1 heterocycles. The molecule has 0 radical (unpaired) electrons. The minimum Gasteiger partial charge on any atom is -0.369 e. The van der Waals surface area contributed by atoms with Crippen molar-refractivity contribution in [3.63, 3.8) is 0 Å². The molecule has 0 aromatic carbocycles. The summed E-state index contributed by atoms with van der Waals surface area (Å²) in [6.07, 6.45) is 2.81. The first kappa shape index (κ1) is 11.8. The molecule has 0 aliphatic rings. The Balaban J connectivity index is 2.59. The normalized spacial score (nSPS) is 12.6. The monoisotopic (exact) mass is 276 g/mol. The van der Waals surface area contributed by atoms with Crippen LogP contribution in [-0.2, 0) is 0 Å². The first-order chi connectivity index (χ1) is 6.63. The molecule has 78 valence electrons. The van der Waals surface area contributed by atoms with E-state index >= 15 is 0 Å². The summed E-state index contributed by atoms with van der Waals surface area (Å²) in [6, 6.07) is 1.84. The van der Waals surface area contributed by atoms with E-state index in [0.717, 1.165) is 23.3 Å². The largest absolute Gasteiger partial charge is 0.369 e. The van der Waals surface area contributed by atoms with Crippen LogP contribution >= 0.6 is 27.5 Å². The van der Waals surface area contributed by atoms with E-state index in [1.807, 2.05) is 6.07 Å². The van der Waals surface area contributed by atoms with Gasteiger partial charge in [0.25, 0.3) is 0 Å². The topological polar surface area (TPSA) is 24.9 Å². The number of rotatable bonds is 4. The zero-order valence-electron chi connectivity index (χ0n) is 8.35. The van der Waals surface area contributed by atoms with Gasteiger partial charge in [0, 0.05) is 12.7 Å². The van der Waals surface area contributed by atoms with Crippen LogP contribution in [0.1, 0.15) is 20.3 Å². The van der Waals surface area contributed by atoms with Crippen molar-refractivity contribution in [1.29, 1.82) is 0 Å². The van der Waals surface area contributed by atoms with Gasteiger partial charge in [-0.25, -0.2) is 4.98 Å². The van der Waals surface area contributed by atoms with Crippen LogP contribution in [0.2, 0.25) is 5.02 Å². The number of nitrogens with zero attached hydrogens (tertiary/aromatic N) is 1. The molecule has 1 N–H and O–H groups in total. The highest BCUT2D eigenvalue weighted by molar-refractivity contribution is 9.10. The third-order valence-corrected chi connectivity index (χ3v) is 2.93. The van der Waals surface area contributed by atoms with Gasteiger partial charge in [0.2, 0.25) is 0 Å². The minimum absolute atomic E-state index is 0.644. The molecule has 1 aromatic rings. The SMILES string of the molecule is CCC(C)CNc1ncc(Cl)cc1Br. The van der Waals surface area contributed by atoms with Gasteiger partial charge in [0.05, 0.1) is 9.50 Å². The lowest BCUT2D eigenvalue weighted by atomic mass is 10.1. The van der Waals surface area contributed by atoms with Crippen LogP contribution in [0.3, 0.4) is 0 Å². The first-order valence-corrected chi connectivity index (χ1v) is 5.85. The fourth-order valence-corrected chi connectivity index (χ4v) is 1.74. The molecular weight excluding hydrogens is 263 g/mol. The summed E-state index contributed by atoms with van der Waals surface area (Å²) in [6.45, 7) is 5.32. The summed E-state index contributed by atoms with van der Waals surface area (Å²) < 4.78 is 0.910. The molecule has 1 unspecified atom stereocenters. The molecule has 0 spiro atoms. The molecule has 0 saturated carbocycles.